The summed E-state index contributed by atoms with van der Waals surface area (Å²) < 4.78 is 0. The van der Waals surface area contributed by atoms with Gasteiger partial charge in [-0.15, -0.1) is 0 Å². The predicted octanol–water partition coefficient (Wildman–Crippen LogP) is 8.82. The first kappa shape index (κ1) is 21.1. The highest BCUT2D eigenvalue weighted by atomic mass is 15.1. The molecule has 4 aromatic rings. The molecular weight excluding hydrogens is 400 g/mol. The lowest BCUT2D eigenvalue weighted by Crippen LogP contribution is -2.37. The molecule has 0 radical (unpaired) electrons. The van der Waals surface area contributed by atoms with Crippen LogP contribution in [0.5, 0.6) is 0 Å². The molecule has 0 saturated heterocycles. The predicted molar refractivity (Wildman–Crippen MR) is 143 cm³/mol. The summed E-state index contributed by atoms with van der Waals surface area (Å²) in [4.78, 5) is 2.32. The quantitative estimate of drug-likeness (QED) is 0.340. The third-order valence-corrected chi connectivity index (χ3v) is 6.99. The standard InChI is InChI=1S/C31H30N2/c1-4-31(5-2)23(3)27-21-20-26(22-29(27)28-18-12-13-19-30(28)32-31)33(24-14-8-6-9-15-24)25-16-10-7-11-17-25/h6-22,32H,3-5H2,1-2H3. The SMILES string of the molecule is C=C1c2ccc(N(c3ccccc3)c3ccccc3)cc2-c2ccccc2NC1(CC)CC. The number of para-hydroxylation sites is 3. The maximum absolute atomic E-state index is 4.61. The lowest BCUT2D eigenvalue weighted by Gasteiger charge is -2.35. The Morgan fingerprint density at radius 2 is 1.21 bits per heavy atom. The van der Waals surface area contributed by atoms with Gasteiger partial charge in [-0.2, -0.15) is 0 Å². The van der Waals surface area contributed by atoms with Crippen LogP contribution >= 0.6 is 0 Å². The van der Waals surface area contributed by atoms with Gasteiger partial charge in [-0.1, -0.05) is 81.1 Å². The molecule has 0 bridgehead atoms. The number of nitrogens with zero attached hydrogens (tertiary/aromatic N) is 1. The van der Waals surface area contributed by atoms with Gasteiger partial charge in [0.1, 0.15) is 0 Å². The molecule has 1 N–H and O–H groups in total. The van der Waals surface area contributed by atoms with Gasteiger partial charge in [0.2, 0.25) is 0 Å². The molecule has 0 atom stereocenters. The minimum atomic E-state index is -0.151. The molecule has 2 nitrogen and oxygen atoms in total. The van der Waals surface area contributed by atoms with Gasteiger partial charge in [0.25, 0.3) is 0 Å². The van der Waals surface area contributed by atoms with Crippen LogP contribution in [0, 0.1) is 0 Å². The molecular formula is C31H30N2. The average molecular weight is 431 g/mol. The van der Waals surface area contributed by atoms with Crippen LogP contribution in [-0.2, 0) is 0 Å². The molecule has 33 heavy (non-hydrogen) atoms. The molecule has 5 rings (SSSR count). The highest BCUT2D eigenvalue weighted by Crippen LogP contribution is 2.47. The monoisotopic (exact) mass is 430 g/mol. The molecule has 0 aromatic heterocycles. The smallest absolute Gasteiger partial charge is 0.0620 e. The maximum atomic E-state index is 4.61. The second kappa shape index (κ2) is 8.63. The number of rotatable bonds is 5. The lowest BCUT2D eigenvalue weighted by atomic mass is 9.80. The minimum Gasteiger partial charge on any atom is -0.375 e. The lowest BCUT2D eigenvalue weighted by molar-refractivity contribution is 0.555. The summed E-state index contributed by atoms with van der Waals surface area (Å²) in [6, 6.07) is 36.6. The van der Waals surface area contributed by atoms with E-state index in [-0.39, 0.29) is 5.54 Å². The fraction of sp³-hybridized carbons (Fsp3) is 0.161. The Labute approximate surface area is 197 Å². The Morgan fingerprint density at radius 3 is 1.82 bits per heavy atom. The van der Waals surface area contributed by atoms with Crippen molar-refractivity contribution in [3.05, 3.63) is 115 Å². The van der Waals surface area contributed by atoms with Crippen LogP contribution in [0.3, 0.4) is 0 Å². The van der Waals surface area contributed by atoms with Crippen LogP contribution in [-0.4, -0.2) is 5.54 Å². The van der Waals surface area contributed by atoms with Crippen LogP contribution in [0.25, 0.3) is 16.7 Å². The second-order valence-corrected chi connectivity index (χ2v) is 8.67. The first-order chi connectivity index (χ1) is 16.2. The van der Waals surface area contributed by atoms with Crippen molar-refractivity contribution >= 4 is 28.3 Å². The van der Waals surface area contributed by atoms with Crippen molar-refractivity contribution in [2.24, 2.45) is 0 Å². The van der Waals surface area contributed by atoms with Gasteiger partial charge in [-0.25, -0.2) is 0 Å². The van der Waals surface area contributed by atoms with Crippen molar-refractivity contribution in [2.45, 2.75) is 32.2 Å². The van der Waals surface area contributed by atoms with E-state index >= 15 is 0 Å². The Kier molecular flexibility index (Phi) is 5.51. The average Bonchev–Trinajstić information content (AvgIpc) is 2.98. The minimum absolute atomic E-state index is 0.151. The van der Waals surface area contributed by atoms with Crippen LogP contribution in [0.1, 0.15) is 32.3 Å². The van der Waals surface area contributed by atoms with E-state index in [0.717, 1.165) is 35.5 Å². The van der Waals surface area contributed by atoms with Gasteiger partial charge in [0.15, 0.2) is 0 Å². The maximum Gasteiger partial charge on any atom is 0.0620 e. The molecule has 2 heteroatoms. The number of nitrogens with one attached hydrogen (secondary N) is 1. The normalized spacial score (nSPS) is 13.9. The van der Waals surface area contributed by atoms with Crippen LogP contribution in [0.4, 0.5) is 22.7 Å². The van der Waals surface area contributed by atoms with E-state index in [4.69, 9.17) is 0 Å². The zero-order valence-corrected chi connectivity index (χ0v) is 19.4. The summed E-state index contributed by atoms with van der Waals surface area (Å²) in [5, 5.41) is 3.87. The summed E-state index contributed by atoms with van der Waals surface area (Å²) in [5.74, 6) is 0. The van der Waals surface area contributed by atoms with Crippen molar-refractivity contribution in [3.8, 4) is 11.1 Å². The van der Waals surface area contributed by atoms with Gasteiger partial charge in [0, 0.05) is 28.3 Å². The molecule has 0 saturated carbocycles. The van der Waals surface area contributed by atoms with E-state index in [1.807, 2.05) is 0 Å². The Morgan fingerprint density at radius 1 is 0.636 bits per heavy atom. The molecule has 1 aliphatic rings. The molecule has 1 heterocycles. The first-order valence-corrected chi connectivity index (χ1v) is 11.8. The molecule has 0 amide bonds. The van der Waals surface area contributed by atoms with Crippen LogP contribution in [0.2, 0.25) is 0 Å². The summed E-state index contributed by atoms with van der Waals surface area (Å²) in [7, 11) is 0. The summed E-state index contributed by atoms with van der Waals surface area (Å²) >= 11 is 0. The van der Waals surface area contributed by atoms with Crippen LogP contribution < -0.4 is 10.2 Å². The van der Waals surface area contributed by atoms with Gasteiger partial charge in [-0.3, -0.25) is 0 Å². The zero-order valence-electron chi connectivity index (χ0n) is 19.4. The molecule has 1 aliphatic heterocycles. The number of hydrogen-bond acceptors (Lipinski definition) is 2. The van der Waals surface area contributed by atoms with Crippen molar-refractivity contribution in [3.63, 3.8) is 0 Å². The highest BCUT2D eigenvalue weighted by Gasteiger charge is 2.35. The fourth-order valence-electron chi connectivity index (χ4n) is 5.03. The largest absolute Gasteiger partial charge is 0.375 e. The van der Waals surface area contributed by atoms with Gasteiger partial charge in [0.05, 0.1) is 5.54 Å². The topological polar surface area (TPSA) is 15.3 Å². The van der Waals surface area contributed by atoms with Gasteiger partial charge >= 0.3 is 0 Å². The van der Waals surface area contributed by atoms with Crippen LogP contribution in [0.15, 0.2) is 110 Å². The van der Waals surface area contributed by atoms with Crippen molar-refractivity contribution in [1.29, 1.82) is 0 Å². The molecule has 0 spiro atoms. The summed E-state index contributed by atoms with van der Waals surface area (Å²) in [6.07, 6.45) is 1.97. The van der Waals surface area contributed by atoms with E-state index in [2.05, 4.69) is 134 Å². The van der Waals surface area contributed by atoms with Crippen molar-refractivity contribution in [1.82, 2.24) is 0 Å². The van der Waals surface area contributed by atoms with E-state index in [9.17, 15) is 0 Å². The number of anilines is 4. The molecule has 4 aromatic carbocycles. The highest BCUT2D eigenvalue weighted by molar-refractivity contribution is 5.95. The second-order valence-electron chi connectivity index (χ2n) is 8.67. The number of hydrogen-bond donors (Lipinski definition) is 1. The summed E-state index contributed by atoms with van der Waals surface area (Å²) in [6.45, 7) is 9.10. The first-order valence-electron chi connectivity index (χ1n) is 11.8. The number of benzene rings is 4. The molecule has 0 aliphatic carbocycles. The third-order valence-electron chi connectivity index (χ3n) is 6.99. The van der Waals surface area contributed by atoms with Gasteiger partial charge < -0.3 is 10.2 Å². The molecule has 164 valence electrons. The third kappa shape index (κ3) is 3.62. The zero-order chi connectivity index (χ0) is 22.8. The number of fused-ring (bicyclic) bond motifs is 3. The van der Waals surface area contributed by atoms with E-state index in [1.54, 1.807) is 0 Å². The molecule has 0 fully saturated rings. The van der Waals surface area contributed by atoms with Gasteiger partial charge in [-0.05, 0) is 72.0 Å². The van der Waals surface area contributed by atoms with Crippen molar-refractivity contribution in [2.75, 3.05) is 10.2 Å². The molecule has 0 unspecified atom stereocenters. The Bertz CT molecular complexity index is 1230. The van der Waals surface area contributed by atoms with E-state index in [0.29, 0.717) is 0 Å². The Balaban J connectivity index is 1.74. The van der Waals surface area contributed by atoms with Crippen molar-refractivity contribution < 1.29 is 0 Å². The summed E-state index contributed by atoms with van der Waals surface area (Å²) in [5.41, 5.74) is 9.26. The Hall–Kier alpha value is -3.78. The fourth-order valence-corrected chi connectivity index (χ4v) is 5.03. The van der Waals surface area contributed by atoms with E-state index < -0.39 is 0 Å². The van der Waals surface area contributed by atoms with E-state index in [1.165, 1.54) is 22.4 Å².